The van der Waals surface area contributed by atoms with Crippen LogP contribution in [0, 0.1) is 0 Å². The number of pyridine rings is 1. The number of aliphatic hydroxyl groups is 1. The zero-order valence-corrected chi connectivity index (χ0v) is 9.50. The molecule has 2 aliphatic rings. The minimum absolute atomic E-state index is 0.386. The monoisotopic (exact) mass is 218 g/mol. The lowest BCUT2D eigenvalue weighted by Crippen LogP contribution is -2.19. The molecule has 0 fully saturated rings. The average molecular weight is 218 g/mol. The smallest absolute Gasteiger partial charge is 0.0828 e. The lowest BCUT2D eigenvalue weighted by Gasteiger charge is -2.27. The molecule has 1 aromatic heterocycles. The molecule has 3 rings (SSSR count). The first-order chi connectivity index (χ1) is 7.77. The lowest BCUT2D eigenvalue weighted by molar-refractivity contribution is 0.156. The molecule has 1 heterocycles. The number of nitrogen functional groups attached to an aromatic ring is 1. The first-order valence-electron chi connectivity index (χ1n) is 6.25. The van der Waals surface area contributed by atoms with E-state index in [2.05, 4.69) is 0 Å². The zero-order chi connectivity index (χ0) is 11.1. The van der Waals surface area contributed by atoms with Crippen LogP contribution in [0.15, 0.2) is 0 Å². The van der Waals surface area contributed by atoms with Gasteiger partial charge < -0.3 is 10.8 Å². The fourth-order valence-electron chi connectivity index (χ4n) is 3.01. The Hall–Kier alpha value is -1.09. The minimum atomic E-state index is -0.386. The van der Waals surface area contributed by atoms with Crippen LogP contribution >= 0.6 is 0 Å². The van der Waals surface area contributed by atoms with Gasteiger partial charge in [0.1, 0.15) is 0 Å². The maximum atomic E-state index is 10.0. The van der Waals surface area contributed by atoms with Gasteiger partial charge in [-0.2, -0.15) is 0 Å². The van der Waals surface area contributed by atoms with Gasteiger partial charge in [-0.05, 0) is 50.5 Å². The summed E-state index contributed by atoms with van der Waals surface area (Å²) < 4.78 is 0. The highest BCUT2D eigenvalue weighted by Gasteiger charge is 2.26. The SMILES string of the molecule is Nc1c2c(nc3c1C(O)CCC3)CCCC2. The summed E-state index contributed by atoms with van der Waals surface area (Å²) in [5, 5.41) is 10.0. The van der Waals surface area contributed by atoms with Gasteiger partial charge >= 0.3 is 0 Å². The molecular formula is C13H18N2O. The summed E-state index contributed by atoms with van der Waals surface area (Å²) in [5.41, 5.74) is 11.4. The fourth-order valence-corrected chi connectivity index (χ4v) is 3.01. The molecule has 2 aliphatic carbocycles. The van der Waals surface area contributed by atoms with E-state index < -0.39 is 0 Å². The number of hydrogen-bond donors (Lipinski definition) is 2. The average Bonchev–Trinajstić information content (AvgIpc) is 2.29. The number of nitrogens with two attached hydrogens (primary N) is 1. The summed E-state index contributed by atoms with van der Waals surface area (Å²) in [6, 6.07) is 0. The van der Waals surface area contributed by atoms with Crippen LogP contribution in [0.25, 0.3) is 0 Å². The van der Waals surface area contributed by atoms with Gasteiger partial charge in [-0.1, -0.05) is 0 Å². The Bertz CT molecular complexity index is 428. The summed E-state index contributed by atoms with van der Waals surface area (Å²) in [4.78, 5) is 4.73. The number of aromatic nitrogens is 1. The van der Waals surface area contributed by atoms with Crippen LogP contribution in [0.3, 0.4) is 0 Å². The molecule has 3 nitrogen and oxygen atoms in total. The van der Waals surface area contributed by atoms with Crippen LogP contribution in [-0.4, -0.2) is 10.1 Å². The number of hydrogen-bond acceptors (Lipinski definition) is 3. The number of fused-ring (bicyclic) bond motifs is 2. The van der Waals surface area contributed by atoms with Crippen molar-refractivity contribution in [2.24, 2.45) is 0 Å². The summed E-state index contributed by atoms with van der Waals surface area (Å²) in [5.74, 6) is 0. The number of anilines is 1. The molecule has 1 aromatic rings. The van der Waals surface area contributed by atoms with Crippen LogP contribution in [0.5, 0.6) is 0 Å². The van der Waals surface area contributed by atoms with E-state index in [1.54, 1.807) is 0 Å². The number of nitrogens with zero attached hydrogens (tertiary/aromatic N) is 1. The predicted octanol–water partition coefficient (Wildman–Crippen LogP) is 1.91. The van der Waals surface area contributed by atoms with Gasteiger partial charge in [0.05, 0.1) is 6.10 Å². The van der Waals surface area contributed by atoms with Gasteiger partial charge in [0.15, 0.2) is 0 Å². The second-order valence-electron chi connectivity index (χ2n) is 4.93. The molecule has 0 aliphatic heterocycles. The van der Waals surface area contributed by atoms with Gasteiger partial charge in [-0.25, -0.2) is 0 Å². The topological polar surface area (TPSA) is 59.1 Å². The highest BCUT2D eigenvalue weighted by atomic mass is 16.3. The maximum absolute atomic E-state index is 10.0. The molecule has 0 saturated heterocycles. The number of aryl methyl sites for hydroxylation is 2. The van der Waals surface area contributed by atoms with E-state index in [9.17, 15) is 5.11 Å². The summed E-state index contributed by atoms with van der Waals surface area (Å²) in [6.07, 6.45) is 6.97. The van der Waals surface area contributed by atoms with Gasteiger partial charge in [0, 0.05) is 22.6 Å². The Kier molecular flexibility index (Phi) is 2.36. The summed E-state index contributed by atoms with van der Waals surface area (Å²) in [7, 11) is 0. The molecule has 0 aromatic carbocycles. The van der Waals surface area contributed by atoms with Gasteiger partial charge in [-0.3, -0.25) is 4.98 Å². The fraction of sp³-hybridized carbons (Fsp3) is 0.615. The molecule has 0 saturated carbocycles. The molecule has 3 N–H and O–H groups in total. The van der Waals surface area contributed by atoms with E-state index in [1.165, 1.54) is 24.1 Å². The van der Waals surface area contributed by atoms with Crippen molar-refractivity contribution in [3.63, 3.8) is 0 Å². The normalized spacial score (nSPS) is 23.7. The third kappa shape index (κ3) is 1.42. The van der Waals surface area contributed by atoms with Crippen molar-refractivity contribution in [2.45, 2.75) is 51.0 Å². The highest BCUT2D eigenvalue weighted by molar-refractivity contribution is 5.59. The molecule has 0 spiro atoms. The second kappa shape index (κ2) is 3.74. The molecular weight excluding hydrogens is 200 g/mol. The summed E-state index contributed by atoms with van der Waals surface area (Å²) in [6.45, 7) is 0. The van der Waals surface area contributed by atoms with Gasteiger partial charge in [-0.15, -0.1) is 0 Å². The minimum Gasteiger partial charge on any atom is -0.398 e. The van der Waals surface area contributed by atoms with Gasteiger partial charge in [0.25, 0.3) is 0 Å². The van der Waals surface area contributed by atoms with Crippen molar-refractivity contribution in [3.8, 4) is 0 Å². The van der Waals surface area contributed by atoms with E-state index in [0.717, 1.165) is 49.0 Å². The molecule has 86 valence electrons. The van der Waals surface area contributed by atoms with Crippen molar-refractivity contribution in [2.75, 3.05) is 5.73 Å². The van der Waals surface area contributed by atoms with Crippen LogP contribution in [0.4, 0.5) is 5.69 Å². The largest absolute Gasteiger partial charge is 0.398 e. The molecule has 0 bridgehead atoms. The van der Waals surface area contributed by atoms with E-state index in [1.807, 2.05) is 0 Å². The first-order valence-corrected chi connectivity index (χ1v) is 6.25. The Morgan fingerprint density at radius 2 is 1.81 bits per heavy atom. The third-order valence-electron chi connectivity index (χ3n) is 3.86. The quantitative estimate of drug-likeness (QED) is 0.699. The highest BCUT2D eigenvalue weighted by Crippen LogP contribution is 2.37. The molecule has 0 radical (unpaired) electrons. The maximum Gasteiger partial charge on any atom is 0.0828 e. The lowest BCUT2D eigenvalue weighted by atomic mass is 9.86. The van der Waals surface area contributed by atoms with Gasteiger partial charge in [0.2, 0.25) is 0 Å². The standard InChI is InChI=1S/C13H18N2O/c14-13-8-4-1-2-5-9(8)15-10-6-3-7-11(16)12(10)13/h11,16H,1-7H2,(H2,14,15). The van der Waals surface area contributed by atoms with Crippen molar-refractivity contribution in [1.82, 2.24) is 4.98 Å². The van der Waals surface area contributed by atoms with Crippen LogP contribution < -0.4 is 5.73 Å². The zero-order valence-electron chi connectivity index (χ0n) is 9.50. The van der Waals surface area contributed by atoms with E-state index in [0.29, 0.717) is 0 Å². The van der Waals surface area contributed by atoms with Crippen LogP contribution in [-0.2, 0) is 19.3 Å². The van der Waals surface area contributed by atoms with Crippen molar-refractivity contribution >= 4 is 5.69 Å². The van der Waals surface area contributed by atoms with Crippen molar-refractivity contribution in [3.05, 3.63) is 22.5 Å². The van der Waals surface area contributed by atoms with Crippen molar-refractivity contribution in [1.29, 1.82) is 0 Å². The summed E-state index contributed by atoms with van der Waals surface area (Å²) >= 11 is 0. The van der Waals surface area contributed by atoms with Crippen LogP contribution in [0.1, 0.15) is 54.3 Å². The van der Waals surface area contributed by atoms with E-state index in [4.69, 9.17) is 10.7 Å². The second-order valence-corrected chi connectivity index (χ2v) is 4.93. The number of rotatable bonds is 0. The Morgan fingerprint density at radius 3 is 2.69 bits per heavy atom. The first kappa shape index (κ1) is 10.1. The Balaban J connectivity index is 2.18. The molecule has 0 amide bonds. The Morgan fingerprint density at radius 1 is 1.06 bits per heavy atom. The predicted molar refractivity (Wildman–Crippen MR) is 63.2 cm³/mol. The third-order valence-corrected chi connectivity index (χ3v) is 3.86. The molecule has 1 atom stereocenters. The van der Waals surface area contributed by atoms with E-state index >= 15 is 0 Å². The number of aliphatic hydroxyl groups excluding tert-OH is 1. The van der Waals surface area contributed by atoms with Crippen LogP contribution in [0.2, 0.25) is 0 Å². The molecule has 16 heavy (non-hydrogen) atoms. The Labute approximate surface area is 95.7 Å². The van der Waals surface area contributed by atoms with E-state index in [-0.39, 0.29) is 6.10 Å². The molecule has 1 unspecified atom stereocenters. The molecule has 3 heteroatoms. The van der Waals surface area contributed by atoms with Crippen molar-refractivity contribution < 1.29 is 5.11 Å².